The first-order valence-electron chi connectivity index (χ1n) is 12.1. The van der Waals surface area contributed by atoms with Gasteiger partial charge in [-0.2, -0.15) is 0 Å². The van der Waals surface area contributed by atoms with Crippen molar-refractivity contribution in [3.63, 3.8) is 0 Å². The molecule has 4 fully saturated rings. The number of benzene rings is 1. The van der Waals surface area contributed by atoms with E-state index in [1.165, 1.54) is 37.7 Å². The number of carbonyl (C=O) groups excluding carboxylic acids is 1. The SMILES string of the molecule is C[C@]12CCC(=O)C[C@@H]1CC[C@@H]1[C@H]3CC[C@](O)(CCc4ccccc4)[C@@]3(C)CC[C@@H]12. The molecule has 0 aliphatic heterocycles. The van der Waals surface area contributed by atoms with Crippen LogP contribution in [0.2, 0.25) is 0 Å². The first kappa shape index (κ1) is 19.8. The maximum atomic E-state index is 12.1. The fourth-order valence-electron chi connectivity index (χ4n) is 8.56. The summed E-state index contributed by atoms with van der Waals surface area (Å²) in [5, 5.41) is 11.9. The van der Waals surface area contributed by atoms with Crippen molar-refractivity contribution < 1.29 is 9.90 Å². The number of rotatable bonds is 3. The predicted molar refractivity (Wildman–Crippen MR) is 116 cm³/mol. The van der Waals surface area contributed by atoms with Gasteiger partial charge in [0.15, 0.2) is 0 Å². The maximum Gasteiger partial charge on any atom is 0.133 e. The van der Waals surface area contributed by atoms with Crippen LogP contribution in [0.25, 0.3) is 0 Å². The third-order valence-electron chi connectivity index (χ3n) is 10.5. The molecule has 0 heterocycles. The molecule has 158 valence electrons. The van der Waals surface area contributed by atoms with Crippen LogP contribution in [0, 0.1) is 34.5 Å². The van der Waals surface area contributed by atoms with Crippen LogP contribution in [0.15, 0.2) is 30.3 Å². The Morgan fingerprint density at radius 2 is 1.72 bits per heavy atom. The van der Waals surface area contributed by atoms with Crippen molar-refractivity contribution in [3.8, 4) is 0 Å². The second kappa shape index (κ2) is 6.94. The predicted octanol–water partition coefficient (Wildman–Crippen LogP) is 5.96. The van der Waals surface area contributed by atoms with E-state index in [9.17, 15) is 9.90 Å². The van der Waals surface area contributed by atoms with Crippen LogP contribution in [0.3, 0.4) is 0 Å². The molecule has 4 aliphatic carbocycles. The topological polar surface area (TPSA) is 37.3 Å². The van der Waals surface area contributed by atoms with Crippen LogP contribution < -0.4 is 0 Å². The highest BCUT2D eigenvalue weighted by Crippen LogP contribution is 2.68. The lowest BCUT2D eigenvalue weighted by Gasteiger charge is -2.61. The third-order valence-corrected chi connectivity index (χ3v) is 10.5. The zero-order chi connectivity index (χ0) is 20.3. The van der Waals surface area contributed by atoms with E-state index in [0.717, 1.165) is 50.4 Å². The van der Waals surface area contributed by atoms with E-state index in [0.29, 0.717) is 23.0 Å². The fraction of sp³-hybridized carbons (Fsp3) is 0.741. The van der Waals surface area contributed by atoms with Crippen LogP contribution >= 0.6 is 0 Å². The number of aliphatic hydroxyl groups is 1. The molecule has 0 amide bonds. The minimum absolute atomic E-state index is 0.0661. The lowest BCUT2D eigenvalue weighted by molar-refractivity contribution is -0.158. The standard InChI is InChI=1S/C27H38O2/c1-25-14-11-21(28)18-20(25)8-9-22-23(25)12-15-26(2)24(22)13-17-27(26,29)16-10-19-6-4-3-5-7-19/h3-7,20,22-24,29H,8-18H2,1-2H3/t20-,22-,23-,24+,25-,26-,27+/m0/s1. The van der Waals surface area contributed by atoms with E-state index in [4.69, 9.17) is 0 Å². The second-order valence-corrected chi connectivity index (χ2v) is 11.4. The quantitative estimate of drug-likeness (QED) is 0.686. The van der Waals surface area contributed by atoms with Gasteiger partial charge >= 0.3 is 0 Å². The molecule has 29 heavy (non-hydrogen) atoms. The molecule has 2 heteroatoms. The van der Waals surface area contributed by atoms with Gasteiger partial charge in [-0.15, -0.1) is 0 Å². The molecular formula is C27H38O2. The number of hydrogen-bond donors (Lipinski definition) is 1. The van der Waals surface area contributed by atoms with Crippen molar-refractivity contribution in [1.82, 2.24) is 0 Å². The molecule has 7 atom stereocenters. The minimum atomic E-state index is -0.515. The van der Waals surface area contributed by atoms with Crippen molar-refractivity contribution in [2.45, 2.75) is 90.1 Å². The number of ketones is 1. The molecule has 1 aromatic carbocycles. The molecule has 1 N–H and O–H groups in total. The van der Waals surface area contributed by atoms with Crippen LogP contribution in [0.4, 0.5) is 0 Å². The molecule has 0 radical (unpaired) electrons. The summed E-state index contributed by atoms with van der Waals surface area (Å²) in [7, 11) is 0. The molecule has 0 bridgehead atoms. The maximum absolute atomic E-state index is 12.1. The third kappa shape index (κ3) is 2.96. The van der Waals surface area contributed by atoms with Gasteiger partial charge in [-0.1, -0.05) is 44.2 Å². The highest BCUT2D eigenvalue weighted by molar-refractivity contribution is 5.79. The summed E-state index contributed by atoms with van der Waals surface area (Å²) in [6.45, 7) is 4.94. The van der Waals surface area contributed by atoms with Crippen molar-refractivity contribution in [3.05, 3.63) is 35.9 Å². The van der Waals surface area contributed by atoms with Gasteiger partial charge < -0.3 is 5.11 Å². The van der Waals surface area contributed by atoms with Gasteiger partial charge in [0.05, 0.1) is 5.60 Å². The molecule has 0 aromatic heterocycles. The summed E-state index contributed by atoms with van der Waals surface area (Å²) in [6.07, 6.45) is 11.7. The zero-order valence-corrected chi connectivity index (χ0v) is 18.3. The molecule has 2 nitrogen and oxygen atoms in total. The molecule has 4 saturated carbocycles. The summed E-state index contributed by atoms with van der Waals surface area (Å²) in [5.74, 6) is 3.31. The largest absolute Gasteiger partial charge is 0.389 e. The molecule has 0 unspecified atom stereocenters. The summed E-state index contributed by atoms with van der Waals surface area (Å²) in [4.78, 5) is 12.1. The monoisotopic (exact) mass is 394 g/mol. The number of Topliss-reactive ketones (excluding diaryl/α,β-unsaturated/α-hetero) is 1. The minimum Gasteiger partial charge on any atom is -0.389 e. The van der Waals surface area contributed by atoms with Crippen molar-refractivity contribution >= 4 is 5.78 Å². The van der Waals surface area contributed by atoms with Crippen LogP contribution in [-0.4, -0.2) is 16.5 Å². The van der Waals surface area contributed by atoms with E-state index in [1.54, 1.807) is 0 Å². The number of hydrogen-bond acceptors (Lipinski definition) is 2. The Morgan fingerprint density at radius 3 is 2.52 bits per heavy atom. The van der Waals surface area contributed by atoms with Gasteiger partial charge in [0.1, 0.15) is 5.78 Å². The summed E-state index contributed by atoms with van der Waals surface area (Å²) in [5.41, 5.74) is 1.26. The Morgan fingerprint density at radius 1 is 0.966 bits per heavy atom. The average Bonchev–Trinajstić information content (AvgIpc) is 2.99. The van der Waals surface area contributed by atoms with Crippen LogP contribution in [-0.2, 0) is 11.2 Å². The second-order valence-electron chi connectivity index (χ2n) is 11.4. The number of fused-ring (bicyclic) bond motifs is 5. The Balaban J connectivity index is 1.36. The highest BCUT2D eigenvalue weighted by atomic mass is 16.3. The van der Waals surface area contributed by atoms with E-state index < -0.39 is 5.60 Å². The van der Waals surface area contributed by atoms with Gasteiger partial charge in [-0.05, 0) is 97.9 Å². The summed E-state index contributed by atoms with van der Waals surface area (Å²) in [6, 6.07) is 10.7. The van der Waals surface area contributed by atoms with Crippen LogP contribution in [0.5, 0.6) is 0 Å². The average molecular weight is 395 g/mol. The van der Waals surface area contributed by atoms with Crippen molar-refractivity contribution in [1.29, 1.82) is 0 Å². The molecule has 0 spiro atoms. The van der Waals surface area contributed by atoms with E-state index in [-0.39, 0.29) is 5.41 Å². The Labute approximate surface area is 176 Å². The van der Waals surface area contributed by atoms with Crippen LogP contribution in [0.1, 0.15) is 83.6 Å². The van der Waals surface area contributed by atoms with E-state index in [1.807, 2.05) is 0 Å². The van der Waals surface area contributed by atoms with Gasteiger partial charge in [0.25, 0.3) is 0 Å². The first-order valence-corrected chi connectivity index (χ1v) is 12.1. The van der Waals surface area contributed by atoms with Gasteiger partial charge in [0.2, 0.25) is 0 Å². The molecular weight excluding hydrogens is 356 g/mol. The summed E-state index contributed by atoms with van der Waals surface area (Å²) < 4.78 is 0. The number of aryl methyl sites for hydroxylation is 1. The lowest BCUT2D eigenvalue weighted by atomic mass is 9.44. The van der Waals surface area contributed by atoms with E-state index >= 15 is 0 Å². The first-order chi connectivity index (χ1) is 13.9. The molecule has 5 rings (SSSR count). The summed E-state index contributed by atoms with van der Waals surface area (Å²) >= 11 is 0. The smallest absolute Gasteiger partial charge is 0.133 e. The molecule has 1 aromatic rings. The Hall–Kier alpha value is -1.15. The van der Waals surface area contributed by atoms with E-state index in [2.05, 4.69) is 44.2 Å². The zero-order valence-electron chi connectivity index (χ0n) is 18.3. The van der Waals surface area contributed by atoms with Gasteiger partial charge in [-0.3, -0.25) is 4.79 Å². The Kier molecular flexibility index (Phi) is 4.74. The fourth-order valence-corrected chi connectivity index (χ4v) is 8.56. The normalized spacial score (nSPS) is 46.7. The highest BCUT2D eigenvalue weighted by Gasteiger charge is 2.64. The molecule has 0 saturated heterocycles. The Bertz CT molecular complexity index is 772. The van der Waals surface area contributed by atoms with Gasteiger partial charge in [0, 0.05) is 12.8 Å². The number of carbonyl (C=O) groups is 1. The van der Waals surface area contributed by atoms with Gasteiger partial charge in [-0.25, -0.2) is 0 Å². The molecule has 4 aliphatic rings. The lowest BCUT2D eigenvalue weighted by Crippen LogP contribution is -2.56. The van der Waals surface area contributed by atoms with Crippen molar-refractivity contribution in [2.75, 3.05) is 0 Å². The van der Waals surface area contributed by atoms with Crippen molar-refractivity contribution in [2.24, 2.45) is 34.5 Å².